The summed E-state index contributed by atoms with van der Waals surface area (Å²) in [6.45, 7) is 0.736. The number of carbonyl (C=O) groups is 2. The molecule has 0 aliphatic carbocycles. The van der Waals surface area contributed by atoms with Crippen molar-refractivity contribution in [2.24, 2.45) is 0 Å². The van der Waals surface area contributed by atoms with E-state index in [0.717, 1.165) is 30.6 Å². The average molecular weight is 289 g/mol. The van der Waals surface area contributed by atoms with Gasteiger partial charge in [-0.1, -0.05) is 48.5 Å². The molecule has 0 bridgehead atoms. The number of allylic oxidation sites excluding steroid dienone is 1. The van der Waals surface area contributed by atoms with Crippen LogP contribution in [0.5, 0.6) is 0 Å². The Morgan fingerprint density at radius 2 is 1.86 bits per heavy atom. The van der Waals surface area contributed by atoms with E-state index in [4.69, 9.17) is 0 Å². The lowest BCUT2D eigenvalue weighted by atomic mass is 9.98. The molecule has 108 valence electrons. The summed E-state index contributed by atoms with van der Waals surface area (Å²) in [4.78, 5) is 26.9. The number of hydrogen-bond donors (Lipinski definition) is 0. The van der Waals surface area contributed by atoms with Crippen LogP contribution in [0.1, 0.15) is 27.9 Å². The van der Waals surface area contributed by atoms with Crippen LogP contribution in [0.3, 0.4) is 0 Å². The second-order valence-electron chi connectivity index (χ2n) is 5.66. The first-order valence-corrected chi connectivity index (χ1v) is 7.51. The van der Waals surface area contributed by atoms with Gasteiger partial charge in [0.05, 0.1) is 11.3 Å². The fourth-order valence-corrected chi connectivity index (χ4v) is 3.29. The summed E-state index contributed by atoms with van der Waals surface area (Å²) < 4.78 is 0. The predicted octanol–water partition coefficient (Wildman–Crippen LogP) is 3.25. The molecule has 0 atom stereocenters. The second-order valence-corrected chi connectivity index (χ2v) is 5.66. The first-order valence-electron chi connectivity index (χ1n) is 7.51. The SMILES string of the molecule is O=C(/C=C1\C(=O)N2CCCc3cccc1c32)c1ccccc1. The first kappa shape index (κ1) is 13.0. The fourth-order valence-electron chi connectivity index (χ4n) is 3.29. The summed E-state index contributed by atoms with van der Waals surface area (Å²) in [7, 11) is 0. The van der Waals surface area contributed by atoms with Crippen LogP contribution >= 0.6 is 0 Å². The zero-order chi connectivity index (χ0) is 15.1. The van der Waals surface area contributed by atoms with Crippen molar-refractivity contribution in [2.75, 3.05) is 11.4 Å². The Bertz CT molecular complexity index is 805. The predicted molar refractivity (Wildman–Crippen MR) is 85.9 cm³/mol. The van der Waals surface area contributed by atoms with Crippen molar-refractivity contribution in [3.63, 3.8) is 0 Å². The molecule has 3 nitrogen and oxygen atoms in total. The third kappa shape index (κ3) is 1.90. The van der Waals surface area contributed by atoms with Crippen molar-refractivity contribution >= 4 is 23.0 Å². The van der Waals surface area contributed by atoms with E-state index in [1.54, 1.807) is 12.1 Å². The van der Waals surface area contributed by atoms with Crippen LogP contribution in [0.4, 0.5) is 5.69 Å². The Morgan fingerprint density at radius 3 is 2.68 bits per heavy atom. The minimum atomic E-state index is -0.124. The van der Waals surface area contributed by atoms with Crippen LogP contribution in [0.25, 0.3) is 5.57 Å². The third-order valence-electron chi connectivity index (χ3n) is 4.32. The van der Waals surface area contributed by atoms with Crippen molar-refractivity contribution < 1.29 is 9.59 Å². The van der Waals surface area contributed by atoms with Gasteiger partial charge in [0.25, 0.3) is 5.91 Å². The molecule has 1 amide bonds. The molecule has 0 aromatic heterocycles. The maximum absolute atomic E-state index is 12.7. The van der Waals surface area contributed by atoms with Crippen LogP contribution in [-0.2, 0) is 11.2 Å². The number of para-hydroxylation sites is 1. The molecule has 0 spiro atoms. The van der Waals surface area contributed by atoms with E-state index in [1.807, 2.05) is 35.2 Å². The molecular weight excluding hydrogens is 274 g/mol. The van der Waals surface area contributed by atoms with E-state index in [0.29, 0.717) is 11.1 Å². The van der Waals surface area contributed by atoms with E-state index in [2.05, 4.69) is 6.07 Å². The number of rotatable bonds is 2. The third-order valence-corrected chi connectivity index (χ3v) is 4.32. The van der Waals surface area contributed by atoms with Crippen molar-refractivity contribution in [1.29, 1.82) is 0 Å². The molecule has 2 aromatic carbocycles. The largest absolute Gasteiger partial charge is 0.307 e. The Balaban J connectivity index is 1.81. The summed E-state index contributed by atoms with van der Waals surface area (Å²) >= 11 is 0. The molecule has 0 N–H and O–H groups in total. The molecule has 0 unspecified atom stereocenters. The van der Waals surface area contributed by atoms with Crippen molar-refractivity contribution in [3.8, 4) is 0 Å². The van der Waals surface area contributed by atoms with Gasteiger partial charge in [-0.25, -0.2) is 0 Å². The van der Waals surface area contributed by atoms with Gasteiger partial charge in [0.1, 0.15) is 0 Å². The lowest BCUT2D eigenvalue weighted by Gasteiger charge is -2.24. The number of carbonyl (C=O) groups excluding carboxylic acids is 2. The number of anilines is 1. The zero-order valence-electron chi connectivity index (χ0n) is 12.1. The summed E-state index contributed by atoms with van der Waals surface area (Å²) in [5.41, 5.74) is 4.23. The summed E-state index contributed by atoms with van der Waals surface area (Å²) in [6, 6.07) is 15.0. The first-order chi connectivity index (χ1) is 10.8. The summed E-state index contributed by atoms with van der Waals surface area (Å²) in [5, 5.41) is 0. The van der Waals surface area contributed by atoms with Gasteiger partial charge in [-0.05, 0) is 24.5 Å². The van der Waals surface area contributed by atoms with Crippen molar-refractivity contribution in [1.82, 2.24) is 0 Å². The van der Waals surface area contributed by atoms with E-state index in [9.17, 15) is 9.59 Å². The van der Waals surface area contributed by atoms with Crippen molar-refractivity contribution in [3.05, 3.63) is 71.3 Å². The van der Waals surface area contributed by atoms with Gasteiger partial charge in [0.2, 0.25) is 0 Å². The molecule has 22 heavy (non-hydrogen) atoms. The average Bonchev–Trinajstić information content (AvgIpc) is 2.84. The minimum absolute atomic E-state index is 0.0496. The highest BCUT2D eigenvalue weighted by Crippen LogP contribution is 2.42. The molecule has 2 heterocycles. The molecule has 4 rings (SSSR count). The quantitative estimate of drug-likeness (QED) is 0.628. The van der Waals surface area contributed by atoms with E-state index in [-0.39, 0.29) is 11.7 Å². The summed E-state index contributed by atoms with van der Waals surface area (Å²) in [6.07, 6.45) is 3.46. The Labute approximate surface area is 128 Å². The minimum Gasteiger partial charge on any atom is -0.307 e. The van der Waals surface area contributed by atoms with Gasteiger partial charge in [0.15, 0.2) is 5.78 Å². The molecule has 0 saturated carbocycles. The number of benzene rings is 2. The molecular formula is C19H15NO2. The number of ketones is 1. The normalized spacial score (nSPS) is 17.7. The highest BCUT2D eigenvalue weighted by atomic mass is 16.2. The van der Waals surface area contributed by atoms with Gasteiger partial charge in [-0.2, -0.15) is 0 Å². The zero-order valence-corrected chi connectivity index (χ0v) is 12.1. The lowest BCUT2D eigenvalue weighted by molar-refractivity contribution is -0.113. The van der Waals surface area contributed by atoms with E-state index >= 15 is 0 Å². The number of hydrogen-bond acceptors (Lipinski definition) is 2. The van der Waals surface area contributed by atoms with Crippen LogP contribution in [0, 0.1) is 0 Å². The van der Waals surface area contributed by atoms with Crippen LogP contribution < -0.4 is 4.90 Å². The fraction of sp³-hybridized carbons (Fsp3) is 0.158. The Hall–Kier alpha value is -2.68. The topological polar surface area (TPSA) is 37.4 Å². The van der Waals surface area contributed by atoms with Gasteiger partial charge >= 0.3 is 0 Å². The summed E-state index contributed by atoms with van der Waals surface area (Å²) in [5.74, 6) is -0.173. The van der Waals surface area contributed by atoms with Crippen LogP contribution in [0.2, 0.25) is 0 Å². The van der Waals surface area contributed by atoms with Gasteiger partial charge < -0.3 is 4.90 Å². The van der Waals surface area contributed by atoms with Gasteiger partial charge in [-0.15, -0.1) is 0 Å². The van der Waals surface area contributed by atoms with Gasteiger partial charge in [-0.3, -0.25) is 9.59 Å². The number of nitrogens with zero attached hydrogens (tertiary/aromatic N) is 1. The molecule has 2 aliphatic rings. The van der Waals surface area contributed by atoms with Crippen LogP contribution in [-0.4, -0.2) is 18.2 Å². The molecule has 0 saturated heterocycles. The monoisotopic (exact) mass is 289 g/mol. The van der Waals surface area contributed by atoms with E-state index < -0.39 is 0 Å². The Morgan fingerprint density at radius 1 is 1.05 bits per heavy atom. The number of aryl methyl sites for hydroxylation is 1. The highest BCUT2D eigenvalue weighted by molar-refractivity contribution is 6.36. The Kier molecular flexibility index (Phi) is 2.93. The molecule has 0 fully saturated rings. The maximum atomic E-state index is 12.7. The van der Waals surface area contributed by atoms with E-state index in [1.165, 1.54) is 11.6 Å². The van der Waals surface area contributed by atoms with Crippen LogP contribution in [0.15, 0.2) is 54.6 Å². The molecule has 3 heteroatoms. The lowest BCUT2D eigenvalue weighted by Crippen LogP contribution is -2.31. The van der Waals surface area contributed by atoms with Gasteiger partial charge in [0, 0.05) is 17.7 Å². The standard InChI is InChI=1S/C19H15NO2/c21-17(13-6-2-1-3-7-13)12-16-15-10-4-8-14-9-5-11-20(18(14)15)19(16)22/h1-4,6-8,10,12H,5,9,11H2/b16-12-. The van der Waals surface area contributed by atoms with Crippen molar-refractivity contribution in [2.45, 2.75) is 12.8 Å². The highest BCUT2D eigenvalue weighted by Gasteiger charge is 2.36. The second kappa shape index (κ2) is 4.95. The molecule has 2 aliphatic heterocycles. The molecule has 2 aromatic rings. The number of amides is 1. The molecule has 0 radical (unpaired) electrons. The maximum Gasteiger partial charge on any atom is 0.259 e. The smallest absolute Gasteiger partial charge is 0.259 e.